The number of carboxylic acid groups (broad SMARTS) is 1. The van der Waals surface area contributed by atoms with Crippen LogP contribution in [0.2, 0.25) is 0 Å². The monoisotopic (exact) mass is 325 g/mol. The predicted molar refractivity (Wildman–Crippen MR) is 93.9 cm³/mol. The summed E-state index contributed by atoms with van der Waals surface area (Å²) in [4.78, 5) is 23.7. The molecule has 0 aliphatic rings. The van der Waals surface area contributed by atoms with Gasteiger partial charge in [-0.1, -0.05) is 42.5 Å². The van der Waals surface area contributed by atoms with E-state index in [9.17, 15) is 14.7 Å². The van der Waals surface area contributed by atoms with Crippen LogP contribution in [0.4, 0.5) is 0 Å². The molecule has 126 valence electrons. The van der Waals surface area contributed by atoms with Gasteiger partial charge in [-0.25, -0.2) is 0 Å². The Kier molecular flexibility index (Phi) is 5.74. The number of nitrogens with one attached hydrogen (secondary N) is 1. The van der Waals surface area contributed by atoms with Crippen LogP contribution in [-0.4, -0.2) is 17.0 Å². The summed E-state index contributed by atoms with van der Waals surface area (Å²) >= 11 is 0. The van der Waals surface area contributed by atoms with Gasteiger partial charge in [0.15, 0.2) is 0 Å². The minimum Gasteiger partial charge on any atom is -0.481 e. The number of benzene rings is 2. The SMILES string of the molecule is Cc1ccccc1C(CC(=O)O)NC(=O)Cc1c(C)cccc1C. The molecule has 0 heterocycles. The van der Waals surface area contributed by atoms with Crippen molar-refractivity contribution in [1.29, 1.82) is 0 Å². The third kappa shape index (κ3) is 4.44. The van der Waals surface area contributed by atoms with E-state index in [0.29, 0.717) is 0 Å². The zero-order valence-corrected chi connectivity index (χ0v) is 14.3. The van der Waals surface area contributed by atoms with Gasteiger partial charge in [0, 0.05) is 0 Å². The molecule has 4 heteroatoms. The van der Waals surface area contributed by atoms with Crippen molar-refractivity contribution in [2.75, 3.05) is 0 Å². The highest BCUT2D eigenvalue weighted by molar-refractivity contribution is 5.80. The maximum atomic E-state index is 12.5. The second kappa shape index (κ2) is 7.77. The maximum Gasteiger partial charge on any atom is 0.305 e. The third-order valence-electron chi connectivity index (χ3n) is 4.26. The molecular formula is C20H23NO3. The molecule has 0 saturated heterocycles. The molecule has 0 radical (unpaired) electrons. The van der Waals surface area contributed by atoms with Crippen molar-refractivity contribution in [2.24, 2.45) is 0 Å². The lowest BCUT2D eigenvalue weighted by atomic mass is 9.97. The van der Waals surface area contributed by atoms with E-state index in [4.69, 9.17) is 0 Å². The van der Waals surface area contributed by atoms with E-state index in [2.05, 4.69) is 5.32 Å². The van der Waals surface area contributed by atoms with E-state index in [0.717, 1.165) is 27.8 Å². The first-order valence-corrected chi connectivity index (χ1v) is 8.00. The number of carboxylic acids is 1. The van der Waals surface area contributed by atoms with Crippen molar-refractivity contribution in [3.63, 3.8) is 0 Å². The lowest BCUT2D eigenvalue weighted by Crippen LogP contribution is -2.32. The van der Waals surface area contributed by atoms with Crippen LogP contribution in [0.25, 0.3) is 0 Å². The number of hydrogen-bond acceptors (Lipinski definition) is 2. The Labute approximate surface area is 142 Å². The number of carbonyl (C=O) groups excluding carboxylic acids is 1. The molecule has 0 spiro atoms. The Bertz CT molecular complexity index is 732. The third-order valence-corrected chi connectivity index (χ3v) is 4.26. The van der Waals surface area contributed by atoms with Crippen LogP contribution < -0.4 is 5.32 Å². The van der Waals surface area contributed by atoms with E-state index in [1.54, 1.807) is 0 Å². The fourth-order valence-corrected chi connectivity index (χ4v) is 2.92. The van der Waals surface area contributed by atoms with Crippen molar-refractivity contribution in [3.8, 4) is 0 Å². The Hall–Kier alpha value is -2.62. The van der Waals surface area contributed by atoms with Gasteiger partial charge in [-0.2, -0.15) is 0 Å². The molecule has 2 rings (SSSR count). The van der Waals surface area contributed by atoms with Crippen LogP contribution >= 0.6 is 0 Å². The van der Waals surface area contributed by atoms with Crippen LogP contribution in [0.5, 0.6) is 0 Å². The summed E-state index contributed by atoms with van der Waals surface area (Å²) < 4.78 is 0. The van der Waals surface area contributed by atoms with E-state index in [1.165, 1.54) is 0 Å². The fraction of sp³-hybridized carbons (Fsp3) is 0.300. The molecule has 0 fully saturated rings. The highest BCUT2D eigenvalue weighted by Gasteiger charge is 2.20. The van der Waals surface area contributed by atoms with E-state index >= 15 is 0 Å². The molecule has 1 unspecified atom stereocenters. The van der Waals surface area contributed by atoms with Gasteiger partial charge in [0.1, 0.15) is 0 Å². The second-order valence-electron chi connectivity index (χ2n) is 6.12. The Morgan fingerprint density at radius 3 is 2.12 bits per heavy atom. The number of rotatable bonds is 6. The molecule has 4 nitrogen and oxygen atoms in total. The van der Waals surface area contributed by atoms with Gasteiger partial charge in [-0.05, 0) is 48.6 Å². The number of amides is 1. The largest absolute Gasteiger partial charge is 0.481 e. The van der Waals surface area contributed by atoms with Crippen LogP contribution in [-0.2, 0) is 16.0 Å². The predicted octanol–water partition coefficient (Wildman–Crippen LogP) is 3.49. The molecule has 2 N–H and O–H groups in total. The molecule has 1 amide bonds. The average molecular weight is 325 g/mol. The highest BCUT2D eigenvalue weighted by Crippen LogP contribution is 2.21. The topological polar surface area (TPSA) is 66.4 Å². The molecule has 0 aliphatic heterocycles. The van der Waals surface area contributed by atoms with Gasteiger partial charge in [-0.3, -0.25) is 9.59 Å². The average Bonchev–Trinajstić information content (AvgIpc) is 2.50. The summed E-state index contributed by atoms with van der Waals surface area (Å²) in [5.41, 5.74) is 4.94. The van der Waals surface area contributed by atoms with Crippen LogP contribution in [0.1, 0.15) is 40.3 Å². The Morgan fingerprint density at radius 2 is 1.54 bits per heavy atom. The standard InChI is InChI=1S/C20H23NO3/c1-13-7-4-5-10-16(13)18(12-20(23)24)21-19(22)11-17-14(2)8-6-9-15(17)3/h4-10,18H,11-12H2,1-3H3,(H,21,22)(H,23,24). The van der Waals surface area contributed by atoms with Gasteiger partial charge in [0.05, 0.1) is 18.9 Å². The minimum atomic E-state index is -0.935. The summed E-state index contributed by atoms with van der Waals surface area (Å²) in [5, 5.41) is 12.1. The van der Waals surface area contributed by atoms with E-state index in [1.807, 2.05) is 63.2 Å². The van der Waals surface area contributed by atoms with Crippen molar-refractivity contribution < 1.29 is 14.7 Å². The molecule has 0 aliphatic carbocycles. The number of aryl methyl sites for hydroxylation is 3. The van der Waals surface area contributed by atoms with Gasteiger partial charge in [0.2, 0.25) is 5.91 Å². The van der Waals surface area contributed by atoms with Gasteiger partial charge in [0.25, 0.3) is 0 Å². The fourth-order valence-electron chi connectivity index (χ4n) is 2.92. The minimum absolute atomic E-state index is 0.136. The normalized spacial score (nSPS) is 11.8. The molecular weight excluding hydrogens is 302 g/mol. The molecule has 2 aromatic rings. The first-order chi connectivity index (χ1) is 11.4. The first-order valence-electron chi connectivity index (χ1n) is 8.00. The van der Waals surface area contributed by atoms with Crippen molar-refractivity contribution in [2.45, 2.75) is 39.7 Å². The quantitative estimate of drug-likeness (QED) is 0.854. The van der Waals surface area contributed by atoms with E-state index in [-0.39, 0.29) is 18.7 Å². The molecule has 0 saturated carbocycles. The zero-order valence-electron chi connectivity index (χ0n) is 14.3. The highest BCUT2D eigenvalue weighted by atomic mass is 16.4. The van der Waals surface area contributed by atoms with Crippen molar-refractivity contribution in [3.05, 3.63) is 70.3 Å². The summed E-state index contributed by atoms with van der Waals surface area (Å²) in [7, 11) is 0. The Morgan fingerprint density at radius 1 is 0.958 bits per heavy atom. The molecule has 0 aromatic heterocycles. The van der Waals surface area contributed by atoms with Crippen molar-refractivity contribution in [1.82, 2.24) is 5.32 Å². The van der Waals surface area contributed by atoms with Gasteiger partial charge >= 0.3 is 5.97 Å². The van der Waals surface area contributed by atoms with Gasteiger partial charge < -0.3 is 10.4 Å². The summed E-state index contributed by atoms with van der Waals surface area (Å²) in [5.74, 6) is -1.10. The number of aliphatic carboxylic acids is 1. The second-order valence-corrected chi connectivity index (χ2v) is 6.12. The lowest BCUT2D eigenvalue weighted by molar-refractivity contribution is -0.137. The summed E-state index contributed by atoms with van der Waals surface area (Å²) in [6.07, 6.45) is 0.115. The first kappa shape index (κ1) is 17.7. The molecule has 24 heavy (non-hydrogen) atoms. The van der Waals surface area contributed by atoms with Crippen LogP contribution in [0.3, 0.4) is 0 Å². The smallest absolute Gasteiger partial charge is 0.305 e. The van der Waals surface area contributed by atoms with Crippen molar-refractivity contribution >= 4 is 11.9 Å². The number of carbonyl (C=O) groups is 2. The van der Waals surface area contributed by atoms with Gasteiger partial charge in [-0.15, -0.1) is 0 Å². The van der Waals surface area contributed by atoms with E-state index < -0.39 is 12.0 Å². The zero-order chi connectivity index (χ0) is 17.7. The van der Waals surface area contributed by atoms with Crippen LogP contribution in [0, 0.1) is 20.8 Å². The number of hydrogen-bond donors (Lipinski definition) is 2. The molecule has 0 bridgehead atoms. The molecule has 1 atom stereocenters. The molecule has 2 aromatic carbocycles. The summed E-state index contributed by atoms with van der Waals surface area (Å²) in [6.45, 7) is 5.87. The summed E-state index contributed by atoms with van der Waals surface area (Å²) in [6, 6.07) is 12.9. The Balaban J connectivity index is 2.19. The lowest BCUT2D eigenvalue weighted by Gasteiger charge is -2.20. The maximum absolute atomic E-state index is 12.5. The van der Waals surface area contributed by atoms with Crippen LogP contribution in [0.15, 0.2) is 42.5 Å².